The van der Waals surface area contributed by atoms with E-state index >= 15 is 0 Å². The summed E-state index contributed by atoms with van der Waals surface area (Å²) in [6.45, 7) is 4.82. The molecule has 0 rings (SSSR count). The Kier molecular flexibility index (Phi) is 7.12. The van der Waals surface area contributed by atoms with E-state index in [0.29, 0.717) is 0 Å². The van der Waals surface area contributed by atoms with Gasteiger partial charge in [-0.05, 0) is 38.2 Å². The van der Waals surface area contributed by atoms with Gasteiger partial charge in [-0.1, -0.05) is 0 Å². The molecule has 2 nitrogen and oxygen atoms in total. The zero-order valence-electron chi connectivity index (χ0n) is 8.80. The number of rotatable bonds is 7. The van der Waals surface area contributed by atoms with Crippen molar-refractivity contribution < 1.29 is 4.74 Å². The van der Waals surface area contributed by atoms with E-state index < -0.39 is 0 Å². The largest absolute Gasteiger partial charge is 0.385 e. The molecular formula is C10H19NOS. The molecule has 0 aromatic heterocycles. The van der Waals surface area contributed by atoms with Crippen molar-refractivity contribution in [1.29, 1.82) is 5.26 Å². The molecule has 3 heteroatoms. The highest BCUT2D eigenvalue weighted by atomic mass is 32.2. The Hall–Kier alpha value is -0.200. The van der Waals surface area contributed by atoms with E-state index in [-0.39, 0.29) is 5.41 Å². The van der Waals surface area contributed by atoms with Crippen LogP contribution in [0.15, 0.2) is 0 Å². The molecule has 76 valence electrons. The van der Waals surface area contributed by atoms with Gasteiger partial charge in [0.15, 0.2) is 0 Å². The van der Waals surface area contributed by atoms with E-state index in [9.17, 15) is 0 Å². The van der Waals surface area contributed by atoms with E-state index in [1.165, 1.54) is 0 Å². The number of thioether (sulfide) groups is 1. The molecule has 0 atom stereocenters. The maximum Gasteiger partial charge on any atom is 0.0684 e. The molecule has 0 saturated heterocycles. The van der Waals surface area contributed by atoms with Crippen LogP contribution in [0.3, 0.4) is 0 Å². The molecule has 0 spiro atoms. The van der Waals surface area contributed by atoms with Gasteiger partial charge in [-0.2, -0.15) is 17.0 Å². The molecule has 0 fully saturated rings. The lowest BCUT2D eigenvalue weighted by Crippen LogP contribution is -2.08. The summed E-state index contributed by atoms with van der Waals surface area (Å²) in [7, 11) is 1.73. The second-order valence-corrected chi connectivity index (χ2v) is 4.93. The predicted molar refractivity (Wildman–Crippen MR) is 57.8 cm³/mol. The van der Waals surface area contributed by atoms with Crippen LogP contribution in [0.4, 0.5) is 0 Å². The quantitative estimate of drug-likeness (QED) is 0.594. The van der Waals surface area contributed by atoms with Crippen LogP contribution in [0.1, 0.15) is 26.7 Å². The molecule has 0 unspecified atom stereocenters. The zero-order chi connectivity index (χ0) is 10.2. The van der Waals surface area contributed by atoms with E-state index in [1.54, 1.807) is 7.11 Å². The molecule has 0 aliphatic heterocycles. The molecule has 0 aliphatic rings. The van der Waals surface area contributed by atoms with Crippen LogP contribution in [0.25, 0.3) is 0 Å². The Morgan fingerprint density at radius 2 is 2.08 bits per heavy atom. The fraction of sp³-hybridized carbons (Fsp3) is 0.900. The SMILES string of the molecule is COCCCSCCC(C)(C)C#N. The van der Waals surface area contributed by atoms with Gasteiger partial charge in [0.05, 0.1) is 11.5 Å². The van der Waals surface area contributed by atoms with Gasteiger partial charge in [-0.25, -0.2) is 0 Å². The van der Waals surface area contributed by atoms with Gasteiger partial charge in [0.25, 0.3) is 0 Å². The number of ether oxygens (including phenoxy) is 1. The summed E-state index contributed by atoms with van der Waals surface area (Å²) in [6.07, 6.45) is 2.08. The Bertz CT molecular complexity index is 163. The van der Waals surface area contributed by atoms with Crippen molar-refractivity contribution in [3.05, 3.63) is 0 Å². The molecule has 0 saturated carbocycles. The second-order valence-electron chi connectivity index (χ2n) is 3.70. The normalized spacial score (nSPS) is 11.2. The van der Waals surface area contributed by atoms with Gasteiger partial charge in [-0.3, -0.25) is 0 Å². The first-order valence-corrected chi connectivity index (χ1v) is 5.76. The first-order valence-electron chi connectivity index (χ1n) is 4.60. The minimum atomic E-state index is -0.158. The summed E-state index contributed by atoms with van der Waals surface area (Å²) in [5, 5.41) is 8.76. The molecule has 0 amide bonds. The third-order valence-corrected chi connectivity index (χ3v) is 2.88. The minimum absolute atomic E-state index is 0.158. The summed E-state index contributed by atoms with van der Waals surface area (Å²) in [4.78, 5) is 0. The number of methoxy groups -OCH3 is 1. The van der Waals surface area contributed by atoms with Gasteiger partial charge >= 0.3 is 0 Å². The first-order chi connectivity index (χ1) is 6.12. The van der Waals surface area contributed by atoms with Crippen LogP contribution in [-0.4, -0.2) is 25.2 Å². The van der Waals surface area contributed by atoms with Crippen molar-refractivity contribution in [3.8, 4) is 6.07 Å². The van der Waals surface area contributed by atoms with Crippen molar-refractivity contribution in [2.45, 2.75) is 26.7 Å². The van der Waals surface area contributed by atoms with Gasteiger partial charge in [0, 0.05) is 13.7 Å². The van der Waals surface area contributed by atoms with Crippen LogP contribution >= 0.6 is 11.8 Å². The predicted octanol–water partition coefficient (Wildman–Crippen LogP) is 2.70. The highest BCUT2D eigenvalue weighted by Crippen LogP contribution is 2.21. The van der Waals surface area contributed by atoms with Gasteiger partial charge in [0.1, 0.15) is 0 Å². The fourth-order valence-corrected chi connectivity index (χ4v) is 1.97. The average Bonchev–Trinajstić information content (AvgIpc) is 2.11. The van der Waals surface area contributed by atoms with Crippen LogP contribution in [0.2, 0.25) is 0 Å². The first kappa shape index (κ1) is 12.8. The summed E-state index contributed by atoms with van der Waals surface area (Å²) in [5.74, 6) is 2.21. The fourth-order valence-electron chi connectivity index (χ4n) is 0.791. The molecule has 0 bridgehead atoms. The van der Waals surface area contributed by atoms with E-state index in [2.05, 4.69) is 6.07 Å². The number of hydrogen-bond donors (Lipinski definition) is 0. The maximum atomic E-state index is 8.76. The lowest BCUT2D eigenvalue weighted by Gasteiger charge is -2.13. The Labute approximate surface area is 85.7 Å². The van der Waals surface area contributed by atoms with Crippen molar-refractivity contribution in [2.24, 2.45) is 5.41 Å². The number of nitriles is 1. The van der Waals surface area contributed by atoms with E-state index in [4.69, 9.17) is 10.00 Å². The number of nitrogens with zero attached hydrogens (tertiary/aromatic N) is 1. The van der Waals surface area contributed by atoms with Crippen molar-refractivity contribution in [2.75, 3.05) is 25.2 Å². The van der Waals surface area contributed by atoms with Crippen LogP contribution in [0, 0.1) is 16.7 Å². The van der Waals surface area contributed by atoms with Crippen molar-refractivity contribution in [3.63, 3.8) is 0 Å². The summed E-state index contributed by atoms with van der Waals surface area (Å²) >= 11 is 1.90. The third kappa shape index (κ3) is 8.14. The average molecular weight is 201 g/mol. The Balaban J connectivity index is 3.22. The Morgan fingerprint density at radius 3 is 2.62 bits per heavy atom. The smallest absolute Gasteiger partial charge is 0.0684 e. The molecule has 13 heavy (non-hydrogen) atoms. The van der Waals surface area contributed by atoms with Gasteiger partial charge in [0.2, 0.25) is 0 Å². The molecule has 0 aromatic rings. The lowest BCUT2D eigenvalue weighted by atomic mass is 9.93. The highest BCUT2D eigenvalue weighted by molar-refractivity contribution is 7.99. The summed E-state index contributed by atoms with van der Waals surface area (Å²) < 4.78 is 4.94. The zero-order valence-corrected chi connectivity index (χ0v) is 9.62. The Morgan fingerprint density at radius 1 is 1.38 bits per heavy atom. The summed E-state index contributed by atoms with van der Waals surface area (Å²) in [5.41, 5.74) is -0.158. The highest BCUT2D eigenvalue weighted by Gasteiger charge is 2.15. The van der Waals surface area contributed by atoms with E-state index in [0.717, 1.165) is 31.0 Å². The third-order valence-electron chi connectivity index (χ3n) is 1.81. The van der Waals surface area contributed by atoms with Crippen LogP contribution in [0.5, 0.6) is 0 Å². The maximum absolute atomic E-state index is 8.76. The molecular weight excluding hydrogens is 182 g/mol. The molecule has 0 N–H and O–H groups in total. The topological polar surface area (TPSA) is 33.0 Å². The monoisotopic (exact) mass is 201 g/mol. The van der Waals surface area contributed by atoms with Gasteiger partial charge in [-0.15, -0.1) is 0 Å². The van der Waals surface area contributed by atoms with Gasteiger partial charge < -0.3 is 4.74 Å². The second kappa shape index (κ2) is 7.23. The van der Waals surface area contributed by atoms with Crippen LogP contribution < -0.4 is 0 Å². The molecule has 0 aliphatic carbocycles. The minimum Gasteiger partial charge on any atom is -0.385 e. The van der Waals surface area contributed by atoms with E-state index in [1.807, 2.05) is 25.6 Å². The van der Waals surface area contributed by atoms with Crippen LogP contribution in [-0.2, 0) is 4.74 Å². The number of hydrogen-bond acceptors (Lipinski definition) is 3. The molecule has 0 radical (unpaired) electrons. The lowest BCUT2D eigenvalue weighted by molar-refractivity contribution is 0.200. The van der Waals surface area contributed by atoms with Crippen molar-refractivity contribution >= 4 is 11.8 Å². The molecule has 0 heterocycles. The standard InChI is InChI=1S/C10H19NOS/c1-10(2,9-11)5-8-13-7-4-6-12-3/h4-8H2,1-3H3. The molecule has 0 aromatic carbocycles. The summed E-state index contributed by atoms with van der Waals surface area (Å²) in [6, 6.07) is 2.31. The van der Waals surface area contributed by atoms with Crippen molar-refractivity contribution in [1.82, 2.24) is 0 Å².